The second kappa shape index (κ2) is 5.46. The fourth-order valence-corrected chi connectivity index (χ4v) is 1.99. The van der Waals surface area contributed by atoms with Gasteiger partial charge in [-0.1, -0.05) is 0 Å². The average molecular weight is 274 g/mol. The number of anilines is 3. The van der Waals surface area contributed by atoms with Gasteiger partial charge in [0.2, 0.25) is 5.95 Å². The normalized spacial score (nSPS) is 14.9. The highest BCUT2D eigenvalue weighted by Gasteiger charge is 2.22. The Morgan fingerprint density at radius 1 is 1.45 bits per heavy atom. The smallest absolute Gasteiger partial charge is 0.229 e. The molecule has 0 amide bonds. The molecule has 3 rings (SSSR count). The van der Waals surface area contributed by atoms with Gasteiger partial charge in [0.15, 0.2) is 0 Å². The first kappa shape index (κ1) is 12.9. The summed E-state index contributed by atoms with van der Waals surface area (Å²) < 4.78 is 7.12. The van der Waals surface area contributed by atoms with Crippen molar-refractivity contribution >= 4 is 17.5 Å². The zero-order valence-corrected chi connectivity index (χ0v) is 11.6. The number of nitrogens with one attached hydrogen (secondary N) is 2. The molecule has 0 spiro atoms. The largest absolute Gasteiger partial charge is 0.377 e. The van der Waals surface area contributed by atoms with E-state index in [0.717, 1.165) is 37.0 Å². The first-order valence-electron chi connectivity index (χ1n) is 6.73. The van der Waals surface area contributed by atoms with Crippen molar-refractivity contribution < 1.29 is 4.74 Å². The Balaban J connectivity index is 1.76. The van der Waals surface area contributed by atoms with Crippen LogP contribution in [0.1, 0.15) is 18.7 Å². The van der Waals surface area contributed by atoms with E-state index in [0.29, 0.717) is 12.0 Å². The number of rotatable bonds is 5. The minimum Gasteiger partial charge on any atom is -0.377 e. The number of hydrogen-bond acceptors (Lipinski definition) is 6. The minimum atomic E-state index is 0.346. The molecule has 0 aliphatic carbocycles. The Morgan fingerprint density at radius 3 is 3.00 bits per heavy atom. The molecule has 106 valence electrons. The van der Waals surface area contributed by atoms with Gasteiger partial charge in [0, 0.05) is 18.9 Å². The zero-order valence-electron chi connectivity index (χ0n) is 11.6. The Kier molecular flexibility index (Phi) is 3.51. The minimum absolute atomic E-state index is 0.346. The van der Waals surface area contributed by atoms with E-state index in [4.69, 9.17) is 4.74 Å². The van der Waals surface area contributed by atoms with Crippen molar-refractivity contribution in [3.63, 3.8) is 0 Å². The molecule has 0 aromatic carbocycles. The monoisotopic (exact) mass is 274 g/mol. The van der Waals surface area contributed by atoms with Crippen LogP contribution in [-0.4, -0.2) is 39.5 Å². The van der Waals surface area contributed by atoms with Crippen LogP contribution in [0.15, 0.2) is 18.5 Å². The van der Waals surface area contributed by atoms with Crippen LogP contribution in [-0.2, 0) is 4.74 Å². The predicted octanol–water partition coefficient (Wildman–Crippen LogP) is 1.73. The van der Waals surface area contributed by atoms with E-state index in [-0.39, 0.29) is 0 Å². The van der Waals surface area contributed by atoms with Gasteiger partial charge >= 0.3 is 0 Å². The molecule has 2 aromatic rings. The van der Waals surface area contributed by atoms with Crippen LogP contribution in [0, 0.1) is 6.92 Å². The molecule has 1 aliphatic rings. The highest BCUT2D eigenvalue weighted by Crippen LogP contribution is 2.23. The number of hydrogen-bond donors (Lipinski definition) is 2. The predicted molar refractivity (Wildman–Crippen MR) is 76.3 cm³/mol. The van der Waals surface area contributed by atoms with Crippen LogP contribution in [0.5, 0.6) is 0 Å². The first-order chi connectivity index (χ1) is 9.76. The number of aryl methyl sites for hydroxylation is 1. The third-order valence-corrected chi connectivity index (χ3v) is 3.17. The summed E-state index contributed by atoms with van der Waals surface area (Å²) in [4.78, 5) is 8.61. The summed E-state index contributed by atoms with van der Waals surface area (Å²) in [6.07, 6.45) is 3.71. The lowest BCUT2D eigenvalue weighted by Gasteiger charge is -2.25. The molecule has 0 saturated carbocycles. The average Bonchev–Trinajstić information content (AvgIpc) is 2.69. The summed E-state index contributed by atoms with van der Waals surface area (Å²) in [5, 5.41) is 10.9. The molecule has 0 unspecified atom stereocenters. The van der Waals surface area contributed by atoms with Gasteiger partial charge in [0.05, 0.1) is 30.6 Å². The molecule has 7 nitrogen and oxygen atoms in total. The van der Waals surface area contributed by atoms with Gasteiger partial charge in [-0.15, -0.1) is 0 Å². The van der Waals surface area contributed by atoms with Crippen LogP contribution in [0.4, 0.5) is 17.5 Å². The molecule has 2 aromatic heterocycles. The Hall–Kier alpha value is -2.15. The number of ether oxygens (including phenoxy) is 1. The van der Waals surface area contributed by atoms with Crippen LogP contribution < -0.4 is 10.6 Å². The van der Waals surface area contributed by atoms with E-state index in [2.05, 4.69) is 25.7 Å². The number of nitrogens with zero attached hydrogens (tertiary/aromatic N) is 4. The number of aromatic nitrogens is 4. The molecule has 1 fully saturated rings. The standard InChI is InChI=1S/C13H18N6O/c1-3-14-12-4-5-15-13(17-12)16-11-6-19(18-9(11)2)10-7-20-8-10/h4-6,10H,3,7-8H2,1-2H3,(H2,14,15,16,17). The Morgan fingerprint density at radius 2 is 2.30 bits per heavy atom. The van der Waals surface area contributed by atoms with Crippen molar-refractivity contribution in [2.24, 2.45) is 0 Å². The third kappa shape index (κ3) is 2.57. The summed E-state index contributed by atoms with van der Waals surface area (Å²) in [5.74, 6) is 1.37. The van der Waals surface area contributed by atoms with Crippen molar-refractivity contribution in [3.05, 3.63) is 24.2 Å². The van der Waals surface area contributed by atoms with Crippen molar-refractivity contribution in [2.75, 3.05) is 30.4 Å². The van der Waals surface area contributed by atoms with Gasteiger partial charge in [-0.2, -0.15) is 10.1 Å². The molecule has 0 radical (unpaired) electrons. The lowest BCUT2D eigenvalue weighted by molar-refractivity contribution is -0.0287. The highest BCUT2D eigenvalue weighted by atomic mass is 16.5. The quantitative estimate of drug-likeness (QED) is 0.864. The van der Waals surface area contributed by atoms with E-state index >= 15 is 0 Å². The SMILES string of the molecule is CCNc1ccnc(Nc2cn(C3COC3)nc2C)n1. The molecule has 0 atom stereocenters. The summed E-state index contributed by atoms with van der Waals surface area (Å²) in [6, 6.07) is 2.19. The maximum atomic E-state index is 5.19. The van der Waals surface area contributed by atoms with Gasteiger partial charge in [0.1, 0.15) is 5.82 Å². The maximum Gasteiger partial charge on any atom is 0.229 e. The zero-order chi connectivity index (χ0) is 13.9. The second-order valence-corrected chi connectivity index (χ2v) is 4.72. The van der Waals surface area contributed by atoms with Crippen LogP contribution in [0.25, 0.3) is 0 Å². The highest BCUT2D eigenvalue weighted by molar-refractivity contribution is 5.56. The lowest BCUT2D eigenvalue weighted by atomic mass is 10.3. The lowest BCUT2D eigenvalue weighted by Crippen LogP contribution is -2.30. The van der Waals surface area contributed by atoms with Crippen LogP contribution >= 0.6 is 0 Å². The summed E-state index contributed by atoms with van der Waals surface area (Å²) in [5.41, 5.74) is 1.85. The summed E-state index contributed by atoms with van der Waals surface area (Å²) in [7, 11) is 0. The van der Waals surface area contributed by atoms with Gasteiger partial charge in [0.25, 0.3) is 0 Å². The fraction of sp³-hybridized carbons (Fsp3) is 0.462. The molecule has 1 saturated heterocycles. The van der Waals surface area contributed by atoms with Crippen molar-refractivity contribution in [1.82, 2.24) is 19.7 Å². The van der Waals surface area contributed by atoms with E-state index in [1.807, 2.05) is 30.8 Å². The van der Waals surface area contributed by atoms with E-state index in [1.54, 1.807) is 6.20 Å². The van der Waals surface area contributed by atoms with Gasteiger partial charge in [-0.25, -0.2) is 4.98 Å². The fourth-order valence-electron chi connectivity index (χ4n) is 1.99. The van der Waals surface area contributed by atoms with Crippen molar-refractivity contribution in [2.45, 2.75) is 19.9 Å². The molecule has 7 heteroatoms. The molecule has 20 heavy (non-hydrogen) atoms. The first-order valence-corrected chi connectivity index (χ1v) is 6.73. The van der Waals surface area contributed by atoms with Crippen LogP contribution in [0.3, 0.4) is 0 Å². The van der Waals surface area contributed by atoms with Crippen LogP contribution in [0.2, 0.25) is 0 Å². The molecular weight excluding hydrogens is 256 g/mol. The van der Waals surface area contributed by atoms with Gasteiger partial charge < -0.3 is 15.4 Å². The topological polar surface area (TPSA) is 76.9 Å². The van der Waals surface area contributed by atoms with Gasteiger partial charge in [-0.05, 0) is 19.9 Å². The Labute approximate surface area is 117 Å². The van der Waals surface area contributed by atoms with Gasteiger partial charge in [-0.3, -0.25) is 4.68 Å². The van der Waals surface area contributed by atoms with E-state index in [1.165, 1.54) is 0 Å². The molecule has 3 heterocycles. The summed E-state index contributed by atoms with van der Waals surface area (Å²) in [6.45, 7) is 6.28. The molecular formula is C13H18N6O. The van der Waals surface area contributed by atoms with E-state index < -0.39 is 0 Å². The molecule has 2 N–H and O–H groups in total. The molecule has 0 bridgehead atoms. The molecule has 1 aliphatic heterocycles. The summed E-state index contributed by atoms with van der Waals surface area (Å²) >= 11 is 0. The Bertz CT molecular complexity index is 592. The van der Waals surface area contributed by atoms with E-state index in [9.17, 15) is 0 Å². The third-order valence-electron chi connectivity index (χ3n) is 3.17. The van der Waals surface area contributed by atoms with Crippen molar-refractivity contribution in [3.8, 4) is 0 Å². The van der Waals surface area contributed by atoms with Crippen molar-refractivity contribution in [1.29, 1.82) is 0 Å². The maximum absolute atomic E-state index is 5.19. The second-order valence-electron chi connectivity index (χ2n) is 4.72.